The molecule has 42 heavy (non-hydrogen) atoms. The first kappa shape index (κ1) is 30.9. The van der Waals surface area contributed by atoms with Gasteiger partial charge < -0.3 is 25.0 Å². The van der Waals surface area contributed by atoms with Crippen molar-refractivity contribution in [3.63, 3.8) is 0 Å². The molecule has 0 spiro atoms. The molecule has 1 saturated carbocycles. The SMILES string of the molecule is CC(C)(C)OC(=O)CN1C(=O)[C@H](NC(=O)Nc2cccc(C(=O)OC(C)(C)C)c2)CN(C2CCCC2)c2ccccc21. The molecule has 10 heteroatoms. The van der Waals surface area contributed by atoms with Crippen molar-refractivity contribution in [1.29, 1.82) is 0 Å². The highest BCUT2D eigenvalue weighted by Crippen LogP contribution is 2.37. The van der Waals surface area contributed by atoms with Gasteiger partial charge in [0, 0.05) is 18.3 Å². The summed E-state index contributed by atoms with van der Waals surface area (Å²) in [6.45, 7) is 10.6. The summed E-state index contributed by atoms with van der Waals surface area (Å²) in [7, 11) is 0. The summed E-state index contributed by atoms with van der Waals surface area (Å²) >= 11 is 0. The molecule has 4 rings (SSSR count). The summed E-state index contributed by atoms with van der Waals surface area (Å²) in [5, 5.41) is 5.57. The number of carbonyl (C=O) groups is 4. The van der Waals surface area contributed by atoms with Crippen LogP contribution < -0.4 is 20.4 Å². The van der Waals surface area contributed by atoms with E-state index in [4.69, 9.17) is 9.47 Å². The molecule has 10 nitrogen and oxygen atoms in total. The molecule has 226 valence electrons. The maximum absolute atomic E-state index is 14.0. The van der Waals surface area contributed by atoms with Gasteiger partial charge in [-0.3, -0.25) is 14.5 Å². The Morgan fingerprint density at radius 2 is 1.52 bits per heavy atom. The van der Waals surface area contributed by atoms with E-state index in [2.05, 4.69) is 15.5 Å². The highest BCUT2D eigenvalue weighted by atomic mass is 16.6. The number of urea groups is 1. The molecule has 1 aliphatic heterocycles. The Morgan fingerprint density at radius 3 is 2.17 bits per heavy atom. The number of esters is 2. The summed E-state index contributed by atoms with van der Waals surface area (Å²) in [5.41, 5.74) is 0.739. The number of amides is 3. The van der Waals surface area contributed by atoms with Crippen LogP contribution in [0.15, 0.2) is 48.5 Å². The molecule has 2 aliphatic rings. The van der Waals surface area contributed by atoms with E-state index in [1.165, 1.54) is 11.0 Å². The van der Waals surface area contributed by atoms with E-state index in [0.717, 1.165) is 31.4 Å². The minimum atomic E-state index is -0.950. The Hall–Kier alpha value is -4.08. The predicted octanol–water partition coefficient (Wildman–Crippen LogP) is 5.27. The maximum atomic E-state index is 14.0. The van der Waals surface area contributed by atoms with Crippen LogP contribution in [0.2, 0.25) is 0 Å². The van der Waals surface area contributed by atoms with Crippen LogP contribution >= 0.6 is 0 Å². The molecule has 2 N–H and O–H groups in total. The van der Waals surface area contributed by atoms with Gasteiger partial charge in [-0.1, -0.05) is 31.0 Å². The van der Waals surface area contributed by atoms with Crippen LogP contribution in [0.25, 0.3) is 0 Å². The quantitative estimate of drug-likeness (QED) is 0.449. The average Bonchev–Trinajstić information content (AvgIpc) is 3.39. The van der Waals surface area contributed by atoms with Crippen molar-refractivity contribution in [2.75, 3.05) is 28.2 Å². The Balaban J connectivity index is 1.58. The van der Waals surface area contributed by atoms with Gasteiger partial charge in [0.15, 0.2) is 0 Å². The number of para-hydroxylation sites is 2. The lowest BCUT2D eigenvalue weighted by Crippen LogP contribution is -2.55. The van der Waals surface area contributed by atoms with Gasteiger partial charge in [-0.05, 0) is 84.7 Å². The van der Waals surface area contributed by atoms with Crippen molar-refractivity contribution in [3.8, 4) is 0 Å². The lowest BCUT2D eigenvalue weighted by Gasteiger charge is -2.32. The van der Waals surface area contributed by atoms with Crippen molar-refractivity contribution >= 4 is 40.9 Å². The first-order valence-corrected chi connectivity index (χ1v) is 14.5. The first-order valence-electron chi connectivity index (χ1n) is 14.5. The summed E-state index contributed by atoms with van der Waals surface area (Å²) in [5.74, 6) is -1.46. The van der Waals surface area contributed by atoms with Crippen LogP contribution in [0.5, 0.6) is 0 Å². The topological polar surface area (TPSA) is 117 Å². The van der Waals surface area contributed by atoms with Crippen molar-refractivity contribution in [2.24, 2.45) is 0 Å². The predicted molar refractivity (Wildman–Crippen MR) is 162 cm³/mol. The summed E-state index contributed by atoms with van der Waals surface area (Å²) in [6, 6.07) is 12.6. The first-order chi connectivity index (χ1) is 19.7. The normalized spacial score (nSPS) is 17.8. The Morgan fingerprint density at radius 1 is 0.881 bits per heavy atom. The lowest BCUT2D eigenvalue weighted by molar-refractivity contribution is -0.153. The second-order valence-corrected chi connectivity index (χ2v) is 12.8. The molecule has 1 atom stereocenters. The highest BCUT2D eigenvalue weighted by Gasteiger charge is 2.39. The number of rotatable bonds is 6. The molecular weight excluding hydrogens is 536 g/mol. The van der Waals surface area contributed by atoms with Crippen molar-refractivity contribution in [2.45, 2.75) is 90.5 Å². The van der Waals surface area contributed by atoms with E-state index >= 15 is 0 Å². The third-order valence-corrected chi connectivity index (χ3v) is 6.96. The van der Waals surface area contributed by atoms with Gasteiger partial charge in [0.05, 0.1) is 16.9 Å². The molecule has 2 aromatic carbocycles. The van der Waals surface area contributed by atoms with E-state index in [1.54, 1.807) is 59.7 Å². The third-order valence-electron chi connectivity index (χ3n) is 6.96. The van der Waals surface area contributed by atoms with Gasteiger partial charge in [0.2, 0.25) is 0 Å². The zero-order valence-electron chi connectivity index (χ0n) is 25.4. The van der Waals surface area contributed by atoms with Gasteiger partial charge in [-0.25, -0.2) is 9.59 Å². The standard InChI is InChI=1S/C32H42N4O6/c1-31(2,3)41-27(37)20-36-26-17-10-9-16-25(26)35(23-14-7-8-15-23)19-24(28(36)38)34-30(40)33-22-13-11-12-21(18-22)29(39)42-32(4,5)6/h9-13,16-18,23-24H,7-8,14-15,19-20H2,1-6H3,(H2,33,34,40)/t24-/m1/s1. The Labute approximate surface area is 247 Å². The van der Waals surface area contributed by atoms with Crippen LogP contribution in [0.4, 0.5) is 21.9 Å². The van der Waals surface area contributed by atoms with Crippen LogP contribution in [0, 0.1) is 0 Å². The number of hydrogen-bond acceptors (Lipinski definition) is 7. The number of nitrogens with one attached hydrogen (secondary N) is 2. The molecule has 1 heterocycles. The van der Waals surface area contributed by atoms with Gasteiger partial charge in [-0.15, -0.1) is 0 Å². The van der Waals surface area contributed by atoms with E-state index in [0.29, 0.717) is 16.9 Å². The number of benzene rings is 2. The van der Waals surface area contributed by atoms with E-state index in [-0.39, 0.29) is 19.1 Å². The van der Waals surface area contributed by atoms with E-state index in [9.17, 15) is 19.2 Å². The summed E-state index contributed by atoms with van der Waals surface area (Å²) in [6.07, 6.45) is 4.13. The van der Waals surface area contributed by atoms with Crippen LogP contribution in [-0.2, 0) is 19.1 Å². The zero-order chi connectivity index (χ0) is 30.7. The summed E-state index contributed by atoms with van der Waals surface area (Å²) in [4.78, 5) is 56.3. The van der Waals surface area contributed by atoms with Crippen molar-refractivity contribution in [1.82, 2.24) is 5.32 Å². The Bertz CT molecular complexity index is 1320. The van der Waals surface area contributed by atoms with Crippen LogP contribution in [0.3, 0.4) is 0 Å². The molecule has 0 radical (unpaired) electrons. The summed E-state index contributed by atoms with van der Waals surface area (Å²) < 4.78 is 11.0. The minimum absolute atomic E-state index is 0.207. The smallest absolute Gasteiger partial charge is 0.338 e. The van der Waals surface area contributed by atoms with Crippen molar-refractivity contribution < 1.29 is 28.7 Å². The molecule has 0 saturated heterocycles. The second kappa shape index (κ2) is 12.4. The molecule has 1 aliphatic carbocycles. The number of nitrogens with zero attached hydrogens (tertiary/aromatic N) is 2. The van der Waals surface area contributed by atoms with E-state index in [1.807, 2.05) is 24.3 Å². The molecule has 3 amide bonds. The average molecular weight is 579 g/mol. The molecule has 1 fully saturated rings. The number of carbonyl (C=O) groups excluding carboxylic acids is 4. The minimum Gasteiger partial charge on any atom is -0.459 e. The molecule has 2 aromatic rings. The van der Waals surface area contributed by atoms with E-state index < -0.39 is 41.1 Å². The fourth-order valence-corrected chi connectivity index (χ4v) is 5.34. The largest absolute Gasteiger partial charge is 0.459 e. The number of ether oxygens (including phenoxy) is 2. The number of fused-ring (bicyclic) bond motifs is 1. The van der Waals surface area contributed by atoms with Crippen LogP contribution in [0.1, 0.15) is 77.6 Å². The fraction of sp³-hybridized carbons (Fsp3) is 0.500. The zero-order valence-corrected chi connectivity index (χ0v) is 25.4. The second-order valence-electron chi connectivity index (χ2n) is 12.8. The number of hydrogen-bond donors (Lipinski definition) is 2. The maximum Gasteiger partial charge on any atom is 0.338 e. The molecule has 0 aromatic heterocycles. The fourth-order valence-electron chi connectivity index (χ4n) is 5.34. The lowest BCUT2D eigenvalue weighted by atomic mass is 10.1. The molecule has 0 bridgehead atoms. The molecular formula is C32H42N4O6. The number of anilines is 3. The van der Waals surface area contributed by atoms with Crippen LogP contribution in [-0.4, -0.2) is 60.3 Å². The monoisotopic (exact) mass is 578 g/mol. The van der Waals surface area contributed by atoms with Gasteiger partial charge >= 0.3 is 18.0 Å². The highest BCUT2D eigenvalue weighted by molar-refractivity contribution is 6.07. The van der Waals surface area contributed by atoms with Gasteiger partial charge in [0.1, 0.15) is 23.8 Å². The van der Waals surface area contributed by atoms with Crippen molar-refractivity contribution in [3.05, 3.63) is 54.1 Å². The van der Waals surface area contributed by atoms with Gasteiger partial charge in [-0.2, -0.15) is 0 Å². The van der Waals surface area contributed by atoms with Gasteiger partial charge in [0.25, 0.3) is 5.91 Å². The Kier molecular flexibility index (Phi) is 9.13. The third kappa shape index (κ3) is 8.02. The molecule has 0 unspecified atom stereocenters.